The summed E-state index contributed by atoms with van der Waals surface area (Å²) < 4.78 is 13.4. The van der Waals surface area contributed by atoms with Crippen LogP contribution < -0.4 is 21.8 Å². The van der Waals surface area contributed by atoms with Crippen LogP contribution in [0.15, 0.2) is 29.3 Å². The van der Waals surface area contributed by atoms with E-state index >= 15 is 0 Å². The number of hydrazine groups is 1. The highest BCUT2D eigenvalue weighted by Crippen LogP contribution is 2.65. The number of carbonyl (C=O) groups excluding carboxylic acids is 4. The molecule has 6 aliphatic rings. The molecule has 1 saturated heterocycles. The number of rotatable bonds is 22. The Morgan fingerprint density at radius 3 is 2.23 bits per heavy atom. The number of amides is 4. The average Bonchev–Trinajstić information content (AvgIpc) is 3.91. The molecule has 2 heterocycles. The number of hydrogen-bond donors (Lipinski definition) is 4. The first-order valence-electron chi connectivity index (χ1n) is 22.7. The normalized spacial score (nSPS) is 26.0. The first-order chi connectivity index (χ1) is 28.6. The van der Waals surface area contributed by atoms with Crippen LogP contribution in [0.4, 0.5) is 0 Å². The molecular weight excluding hydrogens is 765 g/mol. The molecule has 7 rings (SSSR count). The summed E-state index contributed by atoms with van der Waals surface area (Å²) in [5, 5.41) is 16.5. The van der Waals surface area contributed by atoms with Crippen LogP contribution in [0.25, 0.3) is 0 Å². The van der Waals surface area contributed by atoms with E-state index in [1.807, 2.05) is 5.43 Å². The van der Waals surface area contributed by atoms with Crippen molar-refractivity contribution in [3.63, 3.8) is 0 Å². The quantitative estimate of drug-likeness (QED) is 0.0205. The van der Waals surface area contributed by atoms with E-state index in [0.29, 0.717) is 42.3 Å². The van der Waals surface area contributed by atoms with Gasteiger partial charge in [-0.1, -0.05) is 90.2 Å². The number of hydrogen-bond acceptors (Lipinski definition) is 9. The van der Waals surface area contributed by atoms with Crippen molar-refractivity contribution >= 4 is 36.7 Å². The fourth-order valence-corrected chi connectivity index (χ4v) is 11.0. The third-order valence-corrected chi connectivity index (χ3v) is 14.5. The van der Waals surface area contributed by atoms with E-state index in [-0.39, 0.29) is 71.8 Å². The number of benzene rings is 1. The molecule has 2 bridgehead atoms. The molecule has 4 aliphatic carbocycles. The van der Waals surface area contributed by atoms with E-state index in [9.17, 15) is 29.3 Å². The first kappa shape index (κ1) is 45.5. The summed E-state index contributed by atoms with van der Waals surface area (Å²) in [6, 6.07) is 6.11. The average molecular weight is 834 g/mol. The summed E-state index contributed by atoms with van der Waals surface area (Å²) in [7, 11) is -0.607. The van der Waals surface area contributed by atoms with Gasteiger partial charge in [-0.3, -0.25) is 24.1 Å². The molecule has 1 aromatic carbocycles. The van der Waals surface area contributed by atoms with E-state index in [1.54, 1.807) is 24.3 Å². The minimum absolute atomic E-state index is 0.0330. The number of nitrogens with two attached hydrogens (primary N) is 1. The third-order valence-electron chi connectivity index (χ3n) is 14.5. The van der Waals surface area contributed by atoms with Crippen LogP contribution in [0.3, 0.4) is 0 Å². The predicted molar refractivity (Wildman–Crippen MR) is 229 cm³/mol. The lowest BCUT2D eigenvalue weighted by Gasteiger charge is -2.64. The van der Waals surface area contributed by atoms with Crippen molar-refractivity contribution in [1.29, 1.82) is 0 Å². The van der Waals surface area contributed by atoms with Crippen LogP contribution in [-0.4, -0.2) is 83.4 Å². The van der Waals surface area contributed by atoms with Crippen LogP contribution in [0.5, 0.6) is 0 Å². The number of nitrogens with zero attached hydrogens (tertiary/aromatic N) is 3. The Balaban J connectivity index is 1.04. The Bertz CT molecular complexity index is 1720. The van der Waals surface area contributed by atoms with E-state index in [2.05, 4.69) is 50.2 Å². The zero-order valence-corrected chi connectivity index (χ0v) is 36.4. The van der Waals surface area contributed by atoms with Gasteiger partial charge >= 0.3 is 7.12 Å². The largest absolute Gasteiger partial charge is 0.481 e. The summed E-state index contributed by atoms with van der Waals surface area (Å²) in [6.45, 7) is 11.6. The van der Waals surface area contributed by atoms with Crippen LogP contribution in [0, 0.1) is 45.1 Å². The van der Waals surface area contributed by atoms with Gasteiger partial charge in [0.2, 0.25) is 11.8 Å². The number of fused-ring (bicyclic) bond motifs is 1. The fourth-order valence-electron chi connectivity index (χ4n) is 11.0. The van der Waals surface area contributed by atoms with Crippen LogP contribution in [-0.2, 0) is 18.9 Å². The summed E-state index contributed by atoms with van der Waals surface area (Å²) in [5.41, 5.74) is 8.21. The van der Waals surface area contributed by atoms with Crippen molar-refractivity contribution in [2.45, 2.75) is 161 Å². The van der Waals surface area contributed by atoms with Gasteiger partial charge in [0.05, 0.1) is 28.8 Å². The van der Waals surface area contributed by atoms with Gasteiger partial charge in [-0.2, -0.15) is 0 Å². The molecule has 0 spiro atoms. The molecule has 4 amide bonds. The second-order valence-electron chi connectivity index (χ2n) is 19.3. The molecule has 60 heavy (non-hydrogen) atoms. The van der Waals surface area contributed by atoms with Gasteiger partial charge < -0.3 is 25.7 Å². The number of imide groups is 1. The van der Waals surface area contributed by atoms with Crippen molar-refractivity contribution in [1.82, 2.24) is 21.0 Å². The number of nitrogens with one attached hydrogen (secondary N) is 3. The molecule has 15 nitrogen and oxygen atoms in total. The Hall–Kier alpha value is -4.05. The fraction of sp³-hybridized carbons (Fsp3) is 0.750. The molecule has 0 radical (unpaired) electrons. The summed E-state index contributed by atoms with van der Waals surface area (Å²) >= 11 is 0. The summed E-state index contributed by atoms with van der Waals surface area (Å²) in [4.78, 5) is 70.2. The van der Waals surface area contributed by atoms with Crippen molar-refractivity contribution < 1.29 is 33.5 Å². The maximum absolute atomic E-state index is 14.3. The van der Waals surface area contributed by atoms with Gasteiger partial charge in [-0.25, -0.2) is 15.1 Å². The van der Waals surface area contributed by atoms with Crippen molar-refractivity contribution in [3.8, 4) is 0 Å². The van der Waals surface area contributed by atoms with E-state index in [0.717, 1.165) is 83.5 Å². The molecule has 1 aromatic rings. The minimum Gasteiger partial charge on any atom is -0.404 e. The number of nitro groups is 1. The highest BCUT2D eigenvalue weighted by atomic mass is 16.7. The Morgan fingerprint density at radius 1 is 0.950 bits per heavy atom. The van der Waals surface area contributed by atoms with Gasteiger partial charge in [0.15, 0.2) is 5.03 Å². The van der Waals surface area contributed by atoms with E-state index < -0.39 is 29.7 Å². The molecular formula is C44H68BN7O8. The predicted octanol–water partition coefficient (Wildman–Crippen LogP) is 5.98. The summed E-state index contributed by atoms with van der Waals surface area (Å²) in [5.74, 6) is -0.351. The van der Waals surface area contributed by atoms with Crippen molar-refractivity contribution in [3.05, 3.63) is 45.5 Å². The summed E-state index contributed by atoms with van der Waals surface area (Å²) in [6.07, 6.45) is 13.6. The lowest BCUT2D eigenvalue weighted by atomic mass is 9.43. The van der Waals surface area contributed by atoms with E-state index in [4.69, 9.17) is 15.0 Å². The molecule has 330 valence electrons. The molecule has 3 unspecified atom stereocenters. The van der Waals surface area contributed by atoms with Gasteiger partial charge in [-0.15, -0.1) is 0 Å². The highest BCUT2D eigenvalue weighted by molar-refractivity contribution is 6.48. The van der Waals surface area contributed by atoms with Crippen LogP contribution in [0.2, 0.25) is 0 Å². The number of aliphatic imine (C=N–C) groups is 1. The molecule has 5 fully saturated rings. The minimum atomic E-state index is -0.857. The standard InChI is InChI=1S/C44H68BN7O8/c1-28(2)25-37(45-59-36-27-30-26-35(43(30,3)4)44(36,5)60-45)49-39(54)34(22-16-23-47-42(46)50-52(57)58)48-38(53)31(29-17-11-12-18-29)19-10-8-6-7-9-15-24-51-40(55)32-20-13-14-21-33(32)41(51)56/h13-14,20-21,28-31,34-37H,6-12,15-19,22-27H2,1-5H3,(H,48,53)(H,49,54)(H3,46,47,50)/t30?,31?,34-,35?,36-,37+,44-/m0/s1. The van der Waals surface area contributed by atoms with Gasteiger partial charge in [0.25, 0.3) is 17.8 Å². The zero-order chi connectivity index (χ0) is 43.2. The van der Waals surface area contributed by atoms with Gasteiger partial charge in [0.1, 0.15) is 6.04 Å². The smallest absolute Gasteiger partial charge is 0.404 e. The van der Waals surface area contributed by atoms with Crippen LogP contribution in [0.1, 0.15) is 158 Å². The lowest BCUT2D eigenvalue weighted by Crippen LogP contribution is -2.65. The van der Waals surface area contributed by atoms with Crippen LogP contribution >= 0.6 is 0 Å². The molecule has 5 N–H and O–H groups in total. The maximum atomic E-state index is 14.3. The van der Waals surface area contributed by atoms with E-state index in [1.165, 1.54) is 4.90 Å². The second-order valence-corrected chi connectivity index (χ2v) is 19.3. The Morgan fingerprint density at radius 2 is 1.60 bits per heavy atom. The second kappa shape index (κ2) is 19.8. The number of unbranched alkanes of at least 4 members (excludes halogenated alkanes) is 5. The number of carbonyl (C=O) groups is 4. The van der Waals surface area contributed by atoms with Crippen molar-refractivity contribution in [2.24, 2.45) is 45.7 Å². The molecule has 4 saturated carbocycles. The monoisotopic (exact) mass is 834 g/mol. The highest BCUT2D eigenvalue weighted by Gasteiger charge is 2.68. The topological polar surface area (TPSA) is 208 Å². The molecule has 7 atom stereocenters. The first-order valence-corrected chi connectivity index (χ1v) is 22.7. The Kier molecular flexibility index (Phi) is 15.0. The Labute approximate surface area is 355 Å². The molecule has 2 aliphatic heterocycles. The lowest BCUT2D eigenvalue weighted by molar-refractivity contribution is -0.525. The third kappa shape index (κ3) is 10.3. The van der Waals surface area contributed by atoms with Gasteiger partial charge in [-0.05, 0) is 106 Å². The SMILES string of the molecule is CC(C)C[C@@H](NC(=O)[C@H](CCCN=C(N)N[N+](=O)[O-])NC(=O)C(CCCCCCCCN1C(=O)c2ccccc2C1=O)C1CCCC1)B1O[C@H]2CC3CC(C3(C)C)[C@]2(C)O1. The number of guanidine groups is 1. The molecule has 0 aromatic heterocycles. The van der Waals surface area contributed by atoms with Gasteiger partial charge in [0, 0.05) is 19.0 Å². The van der Waals surface area contributed by atoms with Crippen molar-refractivity contribution in [2.75, 3.05) is 13.1 Å². The maximum Gasteiger partial charge on any atom is 0.481 e. The zero-order valence-electron chi connectivity index (χ0n) is 36.4. The molecule has 16 heteroatoms.